The van der Waals surface area contributed by atoms with Crippen LogP contribution in [0.15, 0.2) is 54.6 Å². The van der Waals surface area contributed by atoms with Gasteiger partial charge in [-0.2, -0.15) is 0 Å². The van der Waals surface area contributed by atoms with Crippen LogP contribution in [0.25, 0.3) is 0 Å². The van der Waals surface area contributed by atoms with Gasteiger partial charge < -0.3 is 9.84 Å². The minimum absolute atomic E-state index is 0.175. The zero-order valence-electron chi connectivity index (χ0n) is 9.21. The van der Waals surface area contributed by atoms with Gasteiger partial charge in [-0.05, 0) is 29.8 Å². The van der Waals surface area contributed by atoms with Crippen LogP contribution in [0.2, 0.25) is 0 Å². The molecule has 2 aromatic rings. The Balaban J connectivity index is 2.17. The Morgan fingerprint density at radius 3 is 2.41 bits per heavy atom. The quantitative estimate of drug-likeness (QED) is 0.835. The van der Waals surface area contributed by atoms with Crippen LogP contribution in [-0.2, 0) is 0 Å². The first-order valence-electron chi connectivity index (χ1n) is 5.36. The van der Waals surface area contributed by atoms with Gasteiger partial charge in [0, 0.05) is 0 Å². The normalized spacial score (nSPS) is 12.1. The summed E-state index contributed by atoms with van der Waals surface area (Å²) in [5.74, 6) is 1.64. The Bertz CT molecular complexity index is 471. The van der Waals surface area contributed by atoms with Gasteiger partial charge in [-0.1, -0.05) is 30.3 Å². The van der Waals surface area contributed by atoms with E-state index in [1.54, 1.807) is 6.07 Å². The first-order chi connectivity index (χ1) is 8.29. The molecule has 2 aromatic carbocycles. The molecule has 1 unspecified atom stereocenters. The van der Waals surface area contributed by atoms with Crippen LogP contribution < -0.4 is 4.74 Å². The van der Waals surface area contributed by atoms with E-state index in [2.05, 4.69) is 0 Å². The van der Waals surface area contributed by atoms with Crippen molar-refractivity contribution in [2.45, 2.75) is 6.10 Å². The number of alkyl halides is 1. The highest BCUT2D eigenvalue weighted by molar-refractivity contribution is 6.18. The van der Waals surface area contributed by atoms with Crippen molar-refractivity contribution in [3.63, 3.8) is 0 Å². The van der Waals surface area contributed by atoms with E-state index in [-0.39, 0.29) is 5.88 Å². The molecule has 0 saturated carbocycles. The van der Waals surface area contributed by atoms with Crippen molar-refractivity contribution in [3.8, 4) is 11.5 Å². The summed E-state index contributed by atoms with van der Waals surface area (Å²) in [6.45, 7) is 0. The first-order valence-corrected chi connectivity index (χ1v) is 5.90. The van der Waals surface area contributed by atoms with E-state index < -0.39 is 6.10 Å². The van der Waals surface area contributed by atoms with Gasteiger partial charge >= 0.3 is 0 Å². The average molecular weight is 249 g/mol. The molecule has 88 valence electrons. The molecule has 0 saturated heterocycles. The van der Waals surface area contributed by atoms with Crippen molar-refractivity contribution in [1.82, 2.24) is 0 Å². The minimum Gasteiger partial charge on any atom is -0.457 e. The topological polar surface area (TPSA) is 29.5 Å². The largest absolute Gasteiger partial charge is 0.457 e. The monoisotopic (exact) mass is 248 g/mol. The van der Waals surface area contributed by atoms with E-state index in [9.17, 15) is 5.11 Å². The molecule has 0 aliphatic heterocycles. The molecular weight excluding hydrogens is 236 g/mol. The summed E-state index contributed by atoms with van der Waals surface area (Å²) < 4.78 is 5.66. The number of benzene rings is 2. The molecule has 17 heavy (non-hydrogen) atoms. The average Bonchev–Trinajstić information content (AvgIpc) is 2.39. The number of hydrogen-bond donors (Lipinski definition) is 1. The molecule has 0 spiro atoms. The van der Waals surface area contributed by atoms with Gasteiger partial charge in [-0.25, -0.2) is 0 Å². The Morgan fingerprint density at radius 1 is 1.00 bits per heavy atom. The van der Waals surface area contributed by atoms with Gasteiger partial charge in [0.25, 0.3) is 0 Å². The highest BCUT2D eigenvalue weighted by Gasteiger charge is 2.06. The molecule has 3 heteroatoms. The van der Waals surface area contributed by atoms with E-state index >= 15 is 0 Å². The van der Waals surface area contributed by atoms with Gasteiger partial charge in [0.15, 0.2) is 0 Å². The maximum Gasteiger partial charge on any atom is 0.127 e. The Morgan fingerprint density at radius 2 is 1.71 bits per heavy atom. The van der Waals surface area contributed by atoms with Crippen molar-refractivity contribution in [2.75, 3.05) is 5.88 Å². The van der Waals surface area contributed by atoms with Crippen LogP contribution in [0.1, 0.15) is 11.7 Å². The van der Waals surface area contributed by atoms with Crippen LogP contribution in [0, 0.1) is 0 Å². The van der Waals surface area contributed by atoms with Gasteiger partial charge in [-0.3, -0.25) is 0 Å². The standard InChI is InChI=1S/C14H13ClO2/c15-10-14(16)11-5-4-8-13(9-11)17-12-6-2-1-3-7-12/h1-9,14,16H,10H2. The van der Waals surface area contributed by atoms with Crippen molar-refractivity contribution in [1.29, 1.82) is 0 Å². The van der Waals surface area contributed by atoms with Gasteiger partial charge in [0.05, 0.1) is 12.0 Å². The molecule has 0 radical (unpaired) electrons. The predicted octanol–water partition coefficient (Wildman–Crippen LogP) is 3.75. The van der Waals surface area contributed by atoms with Crippen LogP contribution in [0.5, 0.6) is 11.5 Å². The lowest BCUT2D eigenvalue weighted by molar-refractivity contribution is 0.202. The molecular formula is C14H13ClO2. The summed E-state index contributed by atoms with van der Waals surface area (Å²) in [5.41, 5.74) is 0.758. The van der Waals surface area contributed by atoms with Crippen molar-refractivity contribution in [3.05, 3.63) is 60.2 Å². The van der Waals surface area contributed by atoms with Crippen molar-refractivity contribution < 1.29 is 9.84 Å². The number of ether oxygens (including phenoxy) is 1. The zero-order valence-corrected chi connectivity index (χ0v) is 9.97. The molecule has 2 nitrogen and oxygen atoms in total. The summed E-state index contributed by atoms with van der Waals surface area (Å²) >= 11 is 5.61. The third kappa shape index (κ3) is 3.22. The molecule has 1 N–H and O–H groups in total. The molecule has 0 bridgehead atoms. The van der Waals surface area contributed by atoms with E-state index in [1.807, 2.05) is 48.5 Å². The van der Waals surface area contributed by atoms with Crippen LogP contribution in [0.4, 0.5) is 0 Å². The lowest BCUT2D eigenvalue weighted by atomic mass is 10.1. The summed E-state index contributed by atoms with van der Waals surface area (Å²) in [4.78, 5) is 0. The van der Waals surface area contributed by atoms with Gasteiger partial charge in [0.1, 0.15) is 11.5 Å². The Kier molecular flexibility index (Phi) is 4.02. The van der Waals surface area contributed by atoms with E-state index in [0.717, 1.165) is 11.3 Å². The lowest BCUT2D eigenvalue weighted by Gasteiger charge is -2.10. The predicted molar refractivity (Wildman–Crippen MR) is 68.6 cm³/mol. The van der Waals surface area contributed by atoms with Crippen molar-refractivity contribution >= 4 is 11.6 Å². The maximum absolute atomic E-state index is 9.63. The number of halogens is 1. The fourth-order valence-corrected chi connectivity index (χ4v) is 1.68. The smallest absolute Gasteiger partial charge is 0.127 e. The summed E-state index contributed by atoms with van der Waals surface area (Å²) in [5, 5.41) is 9.63. The van der Waals surface area contributed by atoms with E-state index in [1.165, 1.54) is 0 Å². The maximum atomic E-state index is 9.63. The summed E-state index contributed by atoms with van der Waals surface area (Å²) in [6.07, 6.45) is -0.656. The molecule has 0 amide bonds. The Hall–Kier alpha value is -1.51. The minimum atomic E-state index is -0.656. The molecule has 0 heterocycles. The van der Waals surface area contributed by atoms with Crippen LogP contribution >= 0.6 is 11.6 Å². The molecule has 0 aliphatic rings. The molecule has 0 aliphatic carbocycles. The zero-order chi connectivity index (χ0) is 12.1. The Labute approximate surface area is 105 Å². The molecule has 0 fully saturated rings. The van der Waals surface area contributed by atoms with Crippen LogP contribution in [0.3, 0.4) is 0 Å². The van der Waals surface area contributed by atoms with E-state index in [4.69, 9.17) is 16.3 Å². The highest BCUT2D eigenvalue weighted by atomic mass is 35.5. The SMILES string of the molecule is OC(CCl)c1cccc(Oc2ccccc2)c1. The van der Waals surface area contributed by atoms with Crippen LogP contribution in [-0.4, -0.2) is 11.0 Å². The second-order valence-electron chi connectivity index (χ2n) is 3.66. The molecule has 1 atom stereocenters. The van der Waals surface area contributed by atoms with Gasteiger partial charge in [-0.15, -0.1) is 11.6 Å². The lowest BCUT2D eigenvalue weighted by Crippen LogP contribution is -1.98. The number of para-hydroxylation sites is 1. The number of aliphatic hydroxyl groups excluding tert-OH is 1. The first kappa shape index (κ1) is 12.0. The number of aliphatic hydroxyl groups is 1. The number of hydrogen-bond acceptors (Lipinski definition) is 2. The third-order valence-corrected chi connectivity index (χ3v) is 2.66. The molecule has 2 rings (SSSR count). The second kappa shape index (κ2) is 5.71. The second-order valence-corrected chi connectivity index (χ2v) is 3.97. The fraction of sp³-hybridized carbons (Fsp3) is 0.143. The van der Waals surface area contributed by atoms with E-state index in [0.29, 0.717) is 5.75 Å². The summed E-state index contributed by atoms with van der Waals surface area (Å²) in [6, 6.07) is 16.8. The van der Waals surface area contributed by atoms with Gasteiger partial charge in [0.2, 0.25) is 0 Å². The van der Waals surface area contributed by atoms with Crippen molar-refractivity contribution in [2.24, 2.45) is 0 Å². The highest BCUT2D eigenvalue weighted by Crippen LogP contribution is 2.24. The number of rotatable bonds is 4. The third-order valence-electron chi connectivity index (χ3n) is 2.37. The molecule has 0 aromatic heterocycles. The summed E-state index contributed by atoms with van der Waals surface area (Å²) in [7, 11) is 0. The fourth-order valence-electron chi connectivity index (χ4n) is 1.50.